The van der Waals surface area contributed by atoms with E-state index < -0.39 is 5.97 Å². The lowest BCUT2D eigenvalue weighted by Crippen LogP contribution is -2.34. The molecule has 1 saturated heterocycles. The van der Waals surface area contributed by atoms with Crippen LogP contribution in [0.2, 0.25) is 0 Å². The number of likely N-dealkylation sites (tertiary alicyclic amines) is 1. The van der Waals surface area contributed by atoms with Crippen molar-refractivity contribution < 1.29 is 9.90 Å². The third kappa shape index (κ3) is 3.64. The van der Waals surface area contributed by atoms with Crippen LogP contribution in [-0.2, 0) is 6.54 Å². The van der Waals surface area contributed by atoms with Crippen LogP contribution >= 0.6 is 0 Å². The number of rotatable bonds is 5. The molecule has 27 heavy (non-hydrogen) atoms. The lowest BCUT2D eigenvalue weighted by molar-refractivity contribution is 0.0687. The second kappa shape index (κ2) is 7.36. The Balaban J connectivity index is 1.52. The van der Waals surface area contributed by atoms with Crippen molar-refractivity contribution >= 4 is 5.97 Å². The number of aryl methyl sites for hydroxylation is 1. The molecule has 1 aliphatic rings. The van der Waals surface area contributed by atoms with Crippen molar-refractivity contribution in [3.63, 3.8) is 0 Å². The zero-order valence-corrected chi connectivity index (χ0v) is 15.3. The summed E-state index contributed by atoms with van der Waals surface area (Å²) in [7, 11) is 0. The minimum absolute atomic E-state index is 0.180. The van der Waals surface area contributed by atoms with Gasteiger partial charge in [0.25, 0.3) is 0 Å². The van der Waals surface area contributed by atoms with Crippen LogP contribution in [0, 0.1) is 6.92 Å². The van der Waals surface area contributed by atoms with Gasteiger partial charge in [-0.15, -0.1) is 0 Å². The molecular formula is C20H23N5O2. The molecule has 0 radical (unpaired) electrons. The van der Waals surface area contributed by atoms with E-state index in [0.29, 0.717) is 12.5 Å². The topological polar surface area (TPSA) is 97.9 Å². The van der Waals surface area contributed by atoms with Gasteiger partial charge in [0.1, 0.15) is 5.69 Å². The summed E-state index contributed by atoms with van der Waals surface area (Å²) in [6, 6.07) is 8.50. The van der Waals surface area contributed by atoms with Crippen molar-refractivity contribution in [1.82, 2.24) is 25.3 Å². The van der Waals surface area contributed by atoms with E-state index in [1.54, 1.807) is 6.20 Å². The fourth-order valence-corrected chi connectivity index (χ4v) is 3.86. The number of hydrogen-bond donors (Lipinski definition) is 3. The second-order valence-electron chi connectivity index (χ2n) is 7.21. The van der Waals surface area contributed by atoms with Gasteiger partial charge in [0.2, 0.25) is 0 Å². The SMILES string of the molecule is Cc1ccc(-c2cn[nH]c2C2CCCN(Cc3cn[nH]c3C(=O)O)C2)cc1. The van der Waals surface area contributed by atoms with Crippen LogP contribution in [0.5, 0.6) is 0 Å². The summed E-state index contributed by atoms with van der Waals surface area (Å²) in [5.41, 5.74) is 5.63. The average molecular weight is 365 g/mol. The van der Waals surface area contributed by atoms with E-state index in [0.717, 1.165) is 42.8 Å². The molecule has 1 atom stereocenters. The number of benzene rings is 1. The van der Waals surface area contributed by atoms with Gasteiger partial charge in [-0.3, -0.25) is 15.1 Å². The van der Waals surface area contributed by atoms with Crippen molar-refractivity contribution in [3.05, 3.63) is 59.2 Å². The number of aromatic nitrogens is 4. The number of carboxylic acids is 1. The summed E-state index contributed by atoms with van der Waals surface area (Å²) in [5.74, 6) is -0.621. The summed E-state index contributed by atoms with van der Waals surface area (Å²) in [5, 5.41) is 23.2. The summed E-state index contributed by atoms with van der Waals surface area (Å²) >= 11 is 0. The first-order chi connectivity index (χ1) is 13.1. The van der Waals surface area contributed by atoms with Crippen LogP contribution in [0.1, 0.15) is 46.1 Å². The lowest BCUT2D eigenvalue weighted by atomic mass is 9.90. The number of aromatic carboxylic acids is 1. The molecule has 0 aliphatic carbocycles. The molecule has 1 fully saturated rings. The predicted octanol–water partition coefficient (Wildman–Crippen LogP) is 3.19. The Morgan fingerprint density at radius 1 is 1.22 bits per heavy atom. The van der Waals surface area contributed by atoms with Crippen molar-refractivity contribution in [1.29, 1.82) is 0 Å². The van der Waals surface area contributed by atoms with Crippen LogP contribution in [0.15, 0.2) is 36.7 Å². The molecule has 1 aromatic carbocycles. The Hall–Kier alpha value is -2.93. The van der Waals surface area contributed by atoms with E-state index in [2.05, 4.69) is 56.5 Å². The molecule has 7 nitrogen and oxygen atoms in total. The number of hydrogen-bond acceptors (Lipinski definition) is 4. The standard InChI is InChI=1S/C20H23N5O2/c1-13-4-6-14(7-5-13)17-10-22-23-18(17)15-3-2-8-25(11-15)12-16-9-21-24-19(16)20(26)27/h4-7,9-10,15H,2-3,8,11-12H2,1H3,(H,21,24)(H,22,23)(H,26,27). The van der Waals surface area contributed by atoms with Gasteiger partial charge in [-0.2, -0.15) is 10.2 Å². The van der Waals surface area contributed by atoms with E-state index >= 15 is 0 Å². The lowest BCUT2D eigenvalue weighted by Gasteiger charge is -2.32. The second-order valence-corrected chi connectivity index (χ2v) is 7.21. The van der Waals surface area contributed by atoms with Crippen LogP contribution in [0.4, 0.5) is 0 Å². The van der Waals surface area contributed by atoms with E-state index in [9.17, 15) is 9.90 Å². The van der Waals surface area contributed by atoms with Crippen molar-refractivity contribution in [2.75, 3.05) is 13.1 Å². The maximum absolute atomic E-state index is 11.3. The van der Waals surface area contributed by atoms with Gasteiger partial charge in [0.05, 0.1) is 12.4 Å². The number of H-pyrrole nitrogens is 2. The van der Waals surface area contributed by atoms with Crippen LogP contribution in [0.3, 0.4) is 0 Å². The molecule has 3 heterocycles. The fraction of sp³-hybridized carbons (Fsp3) is 0.350. The molecule has 7 heteroatoms. The first kappa shape index (κ1) is 17.5. The molecule has 3 N–H and O–H groups in total. The highest BCUT2D eigenvalue weighted by atomic mass is 16.4. The zero-order chi connectivity index (χ0) is 18.8. The molecular weight excluding hydrogens is 342 g/mol. The minimum Gasteiger partial charge on any atom is -0.477 e. The summed E-state index contributed by atoms with van der Waals surface area (Å²) < 4.78 is 0. The van der Waals surface area contributed by atoms with Crippen LogP contribution in [-0.4, -0.2) is 49.5 Å². The van der Waals surface area contributed by atoms with Gasteiger partial charge in [-0.1, -0.05) is 29.8 Å². The number of aromatic amines is 2. The van der Waals surface area contributed by atoms with Gasteiger partial charge in [0, 0.05) is 35.8 Å². The first-order valence-electron chi connectivity index (χ1n) is 9.20. The Morgan fingerprint density at radius 2 is 2.00 bits per heavy atom. The number of carboxylic acid groups (broad SMARTS) is 1. The number of nitrogens with zero attached hydrogens (tertiary/aromatic N) is 3. The zero-order valence-electron chi connectivity index (χ0n) is 15.3. The van der Waals surface area contributed by atoms with Gasteiger partial charge in [-0.05, 0) is 31.9 Å². The first-order valence-corrected chi connectivity index (χ1v) is 9.20. The van der Waals surface area contributed by atoms with E-state index in [1.807, 2.05) is 6.20 Å². The normalized spacial score (nSPS) is 17.9. The van der Waals surface area contributed by atoms with Gasteiger partial charge in [-0.25, -0.2) is 4.79 Å². The monoisotopic (exact) mass is 365 g/mol. The maximum atomic E-state index is 11.3. The number of carbonyl (C=O) groups is 1. The Morgan fingerprint density at radius 3 is 2.78 bits per heavy atom. The molecule has 2 aromatic heterocycles. The van der Waals surface area contributed by atoms with Crippen LogP contribution in [0.25, 0.3) is 11.1 Å². The fourth-order valence-electron chi connectivity index (χ4n) is 3.86. The third-order valence-corrected chi connectivity index (χ3v) is 5.27. The molecule has 0 amide bonds. The molecule has 0 bridgehead atoms. The average Bonchev–Trinajstić information content (AvgIpc) is 3.32. The molecule has 1 unspecified atom stereocenters. The van der Waals surface area contributed by atoms with Gasteiger partial charge in [0.15, 0.2) is 0 Å². The predicted molar refractivity (Wildman–Crippen MR) is 102 cm³/mol. The summed E-state index contributed by atoms with van der Waals surface area (Å²) in [6.45, 7) is 4.49. The van der Waals surface area contributed by atoms with E-state index in [1.165, 1.54) is 11.1 Å². The van der Waals surface area contributed by atoms with Crippen molar-refractivity contribution in [2.45, 2.75) is 32.2 Å². The maximum Gasteiger partial charge on any atom is 0.354 e. The summed E-state index contributed by atoms with van der Waals surface area (Å²) in [6.07, 6.45) is 5.67. The highest BCUT2D eigenvalue weighted by molar-refractivity contribution is 5.86. The number of nitrogens with one attached hydrogen (secondary N) is 2. The quantitative estimate of drug-likeness (QED) is 0.645. The highest BCUT2D eigenvalue weighted by Crippen LogP contribution is 2.33. The minimum atomic E-state index is -0.966. The smallest absolute Gasteiger partial charge is 0.354 e. The highest BCUT2D eigenvalue weighted by Gasteiger charge is 2.26. The van der Waals surface area contributed by atoms with Gasteiger partial charge >= 0.3 is 5.97 Å². The van der Waals surface area contributed by atoms with Crippen molar-refractivity contribution in [2.24, 2.45) is 0 Å². The van der Waals surface area contributed by atoms with E-state index in [4.69, 9.17) is 0 Å². The third-order valence-electron chi connectivity index (χ3n) is 5.27. The largest absolute Gasteiger partial charge is 0.477 e. The molecule has 0 spiro atoms. The molecule has 3 aromatic rings. The Kier molecular flexibility index (Phi) is 4.77. The Bertz CT molecular complexity index is 928. The Labute approximate surface area is 157 Å². The molecule has 140 valence electrons. The number of piperidine rings is 1. The molecule has 0 saturated carbocycles. The van der Waals surface area contributed by atoms with E-state index in [-0.39, 0.29) is 5.69 Å². The molecule has 1 aliphatic heterocycles. The molecule has 4 rings (SSSR count). The van der Waals surface area contributed by atoms with Crippen molar-refractivity contribution in [3.8, 4) is 11.1 Å². The summed E-state index contributed by atoms with van der Waals surface area (Å²) in [4.78, 5) is 13.6. The van der Waals surface area contributed by atoms with Crippen LogP contribution < -0.4 is 0 Å². The van der Waals surface area contributed by atoms with Gasteiger partial charge < -0.3 is 5.11 Å².